The van der Waals surface area contributed by atoms with Gasteiger partial charge < -0.3 is 4.90 Å². The molecule has 10 heteroatoms. The summed E-state index contributed by atoms with van der Waals surface area (Å²) in [5.74, 6) is 0. The van der Waals surface area contributed by atoms with Crippen LogP contribution in [0.2, 0.25) is 0 Å². The number of nitriles is 1. The number of aromatic nitrogens is 4. The number of alkyl halides is 2. The zero-order chi connectivity index (χ0) is 25.3. The molecule has 1 fully saturated rings. The standard InChI is InChI=1S/C25H31F2N7O/c1-5-19-15-33(22-11-23(35)31(4)34-13-18(9-10-28)30-25(22)34)20(6-2)14-32(19)16(3)21-8-7-17(12-29-21)24(26)27/h7-8,11-13,16,19-20,24H,5-6,9,14-15H2,1-4H3/t16?,19-,20+/m1/s1. The first-order chi connectivity index (χ1) is 16.8. The highest BCUT2D eigenvalue weighted by atomic mass is 19.3. The molecule has 0 amide bonds. The molecule has 0 aliphatic carbocycles. The predicted octanol–water partition coefficient (Wildman–Crippen LogP) is 3.87. The summed E-state index contributed by atoms with van der Waals surface area (Å²) in [7, 11) is 1.69. The van der Waals surface area contributed by atoms with Gasteiger partial charge in [0.15, 0.2) is 5.65 Å². The number of hydrogen-bond donors (Lipinski definition) is 0. The summed E-state index contributed by atoms with van der Waals surface area (Å²) in [6.45, 7) is 7.74. The van der Waals surface area contributed by atoms with Crippen LogP contribution in [0, 0.1) is 11.3 Å². The van der Waals surface area contributed by atoms with Crippen LogP contribution < -0.4 is 10.5 Å². The van der Waals surface area contributed by atoms with Gasteiger partial charge in [0.2, 0.25) is 0 Å². The smallest absolute Gasteiger partial charge is 0.267 e. The molecule has 8 nitrogen and oxygen atoms in total. The van der Waals surface area contributed by atoms with Crippen molar-refractivity contribution >= 4 is 11.3 Å². The lowest BCUT2D eigenvalue weighted by Gasteiger charge is -2.49. The topological polar surface area (TPSA) is 82.5 Å². The van der Waals surface area contributed by atoms with Crippen molar-refractivity contribution in [2.75, 3.05) is 18.0 Å². The van der Waals surface area contributed by atoms with Crippen molar-refractivity contribution < 1.29 is 8.78 Å². The third-order valence-electron chi connectivity index (χ3n) is 7.11. The molecule has 0 bridgehead atoms. The van der Waals surface area contributed by atoms with Crippen LogP contribution in [0.3, 0.4) is 0 Å². The second-order valence-electron chi connectivity index (χ2n) is 9.09. The van der Waals surface area contributed by atoms with Crippen LogP contribution in [0.4, 0.5) is 14.5 Å². The highest BCUT2D eigenvalue weighted by molar-refractivity contribution is 5.69. The number of piperazine rings is 1. The molecule has 0 aromatic carbocycles. The van der Waals surface area contributed by atoms with E-state index in [0.717, 1.165) is 30.8 Å². The fourth-order valence-corrected chi connectivity index (χ4v) is 5.00. The largest absolute Gasteiger partial charge is 0.362 e. The van der Waals surface area contributed by atoms with Crippen LogP contribution >= 0.6 is 0 Å². The normalized spacial score (nSPS) is 19.9. The van der Waals surface area contributed by atoms with Crippen molar-refractivity contribution in [2.45, 2.75) is 64.6 Å². The van der Waals surface area contributed by atoms with E-state index >= 15 is 0 Å². The second kappa shape index (κ2) is 10.1. The van der Waals surface area contributed by atoms with Gasteiger partial charge in [-0.1, -0.05) is 13.8 Å². The van der Waals surface area contributed by atoms with Crippen molar-refractivity contribution in [3.63, 3.8) is 0 Å². The summed E-state index contributed by atoms with van der Waals surface area (Å²) < 4.78 is 29.2. The lowest BCUT2D eigenvalue weighted by atomic mass is 9.98. The van der Waals surface area contributed by atoms with E-state index in [2.05, 4.69) is 46.6 Å². The van der Waals surface area contributed by atoms with Crippen molar-refractivity contribution in [3.8, 4) is 6.07 Å². The number of pyridine rings is 1. The van der Waals surface area contributed by atoms with Gasteiger partial charge in [-0.05, 0) is 31.9 Å². The Balaban J connectivity index is 1.69. The highest BCUT2D eigenvalue weighted by Crippen LogP contribution is 2.33. The van der Waals surface area contributed by atoms with Crippen LogP contribution in [-0.4, -0.2) is 49.2 Å². The molecular formula is C25H31F2N7O. The Bertz CT molecular complexity index is 1280. The first-order valence-electron chi connectivity index (χ1n) is 12.0. The lowest BCUT2D eigenvalue weighted by Crippen LogP contribution is -2.59. The molecule has 0 N–H and O–H groups in total. The Hall–Kier alpha value is -3.32. The average Bonchev–Trinajstić information content (AvgIpc) is 3.29. The number of imidazole rings is 1. The fraction of sp³-hybridized carbons (Fsp3) is 0.520. The van der Waals surface area contributed by atoms with E-state index in [1.807, 2.05) is 0 Å². The summed E-state index contributed by atoms with van der Waals surface area (Å²) >= 11 is 0. The second-order valence-corrected chi connectivity index (χ2v) is 9.09. The van der Waals surface area contributed by atoms with Crippen molar-refractivity contribution in [2.24, 2.45) is 7.05 Å². The Labute approximate surface area is 203 Å². The van der Waals surface area contributed by atoms with E-state index in [1.54, 1.807) is 29.9 Å². The van der Waals surface area contributed by atoms with Gasteiger partial charge in [-0.15, -0.1) is 0 Å². The molecule has 3 atom stereocenters. The number of rotatable bonds is 7. The molecule has 4 heterocycles. The molecule has 1 unspecified atom stereocenters. The van der Waals surface area contributed by atoms with E-state index in [4.69, 9.17) is 5.26 Å². The maximum Gasteiger partial charge on any atom is 0.267 e. The van der Waals surface area contributed by atoms with E-state index in [9.17, 15) is 13.6 Å². The summed E-state index contributed by atoms with van der Waals surface area (Å²) in [4.78, 5) is 26.5. The average molecular weight is 484 g/mol. The molecule has 1 aliphatic rings. The Morgan fingerprint density at radius 3 is 2.54 bits per heavy atom. The van der Waals surface area contributed by atoms with Gasteiger partial charge >= 0.3 is 0 Å². The van der Waals surface area contributed by atoms with Crippen molar-refractivity contribution in [1.82, 2.24) is 24.1 Å². The zero-order valence-corrected chi connectivity index (χ0v) is 20.5. The van der Waals surface area contributed by atoms with Gasteiger partial charge in [0, 0.05) is 56.1 Å². The van der Waals surface area contributed by atoms with Gasteiger partial charge in [-0.25, -0.2) is 23.0 Å². The number of aryl methyl sites for hydroxylation is 1. The molecule has 3 aromatic rings. The number of nitrogens with zero attached hydrogens (tertiary/aromatic N) is 7. The van der Waals surface area contributed by atoms with Crippen LogP contribution in [0.25, 0.3) is 5.65 Å². The monoisotopic (exact) mass is 483 g/mol. The number of anilines is 1. The number of fused-ring (bicyclic) bond motifs is 1. The van der Waals surface area contributed by atoms with E-state index < -0.39 is 6.43 Å². The third kappa shape index (κ3) is 4.65. The summed E-state index contributed by atoms with van der Waals surface area (Å²) in [5.41, 5.74) is 2.61. The van der Waals surface area contributed by atoms with Gasteiger partial charge in [0.25, 0.3) is 12.0 Å². The molecule has 186 valence electrons. The Morgan fingerprint density at radius 2 is 1.94 bits per heavy atom. The molecule has 3 aromatic heterocycles. The molecule has 35 heavy (non-hydrogen) atoms. The maximum atomic E-state index is 13.0. The van der Waals surface area contributed by atoms with Crippen LogP contribution in [-0.2, 0) is 13.5 Å². The van der Waals surface area contributed by atoms with E-state index in [-0.39, 0.29) is 35.7 Å². The summed E-state index contributed by atoms with van der Waals surface area (Å²) in [5, 5.41) is 9.12. The first kappa shape index (κ1) is 24.8. The van der Waals surface area contributed by atoms with Crippen LogP contribution in [0.1, 0.15) is 63.0 Å². The lowest BCUT2D eigenvalue weighted by molar-refractivity contribution is 0.0989. The van der Waals surface area contributed by atoms with Gasteiger partial charge in [-0.2, -0.15) is 5.26 Å². The van der Waals surface area contributed by atoms with Crippen LogP contribution in [0.5, 0.6) is 0 Å². The minimum atomic E-state index is -2.53. The first-order valence-corrected chi connectivity index (χ1v) is 12.0. The van der Waals surface area contributed by atoms with Crippen molar-refractivity contribution in [3.05, 3.63) is 57.9 Å². The Kier molecular flexibility index (Phi) is 7.17. The maximum absolute atomic E-state index is 13.0. The zero-order valence-electron chi connectivity index (χ0n) is 20.5. The molecular weight excluding hydrogens is 452 g/mol. The molecule has 0 spiro atoms. The molecule has 0 saturated carbocycles. The minimum absolute atomic E-state index is 0.0415. The van der Waals surface area contributed by atoms with Gasteiger partial charge in [0.05, 0.1) is 35.8 Å². The van der Waals surface area contributed by atoms with Gasteiger partial charge in [-0.3, -0.25) is 14.7 Å². The highest BCUT2D eigenvalue weighted by Gasteiger charge is 2.36. The number of halogens is 2. The molecule has 0 radical (unpaired) electrons. The minimum Gasteiger partial charge on any atom is -0.362 e. The molecule has 4 rings (SSSR count). The molecule has 1 aliphatic heterocycles. The van der Waals surface area contributed by atoms with Gasteiger partial charge in [0.1, 0.15) is 0 Å². The third-order valence-corrected chi connectivity index (χ3v) is 7.11. The SMILES string of the molecule is CC[C@H]1CN(C(C)c2ccc(C(F)F)cn2)[C@H](CC)CN1c1cc(=O)n(C)n2cc(CC#N)nc12. The number of hydrogen-bond acceptors (Lipinski definition) is 6. The van der Waals surface area contributed by atoms with E-state index in [0.29, 0.717) is 17.9 Å². The Morgan fingerprint density at radius 1 is 1.20 bits per heavy atom. The predicted molar refractivity (Wildman–Crippen MR) is 130 cm³/mol. The van der Waals surface area contributed by atoms with Crippen LogP contribution in [0.15, 0.2) is 35.4 Å². The fourth-order valence-electron chi connectivity index (χ4n) is 5.00. The quantitative estimate of drug-likeness (QED) is 0.507. The van der Waals surface area contributed by atoms with Crippen molar-refractivity contribution in [1.29, 1.82) is 5.26 Å². The molecule has 1 saturated heterocycles. The summed E-state index contributed by atoms with van der Waals surface area (Å²) in [6, 6.07) is 7.15. The van der Waals surface area contributed by atoms with E-state index in [1.165, 1.54) is 16.9 Å². The summed E-state index contributed by atoms with van der Waals surface area (Å²) in [6.07, 6.45) is 2.38.